The Hall–Kier alpha value is -1.94. The van der Waals surface area contributed by atoms with Crippen LogP contribution in [-0.4, -0.2) is 96.7 Å². The minimum Gasteiger partial charge on any atom is -0.462 e. The number of unbranched alkanes of at least 4 members (excludes halogenated alkanes) is 27. The fourth-order valence-corrected chi connectivity index (χ4v) is 11.2. The average molecular weight is 1240 g/mol. The fraction of sp³-hybridized carbons (Fsp3) is 0.938. The lowest BCUT2D eigenvalue weighted by atomic mass is 9.99. The van der Waals surface area contributed by atoms with Crippen LogP contribution in [0, 0.1) is 23.7 Å². The van der Waals surface area contributed by atoms with Crippen molar-refractivity contribution in [1.29, 1.82) is 0 Å². The van der Waals surface area contributed by atoms with Gasteiger partial charge in [-0.3, -0.25) is 37.3 Å². The van der Waals surface area contributed by atoms with Gasteiger partial charge in [-0.25, -0.2) is 9.13 Å². The maximum absolute atomic E-state index is 13.0. The van der Waals surface area contributed by atoms with E-state index >= 15 is 0 Å². The highest BCUT2D eigenvalue weighted by Gasteiger charge is 2.30. The van der Waals surface area contributed by atoms with E-state index in [4.69, 9.17) is 37.0 Å². The first-order chi connectivity index (χ1) is 40.1. The second-order valence-electron chi connectivity index (χ2n) is 25.2. The Bertz CT molecular complexity index is 1680. The van der Waals surface area contributed by atoms with Crippen LogP contribution in [0.2, 0.25) is 0 Å². The number of hydrogen-bond acceptors (Lipinski definition) is 15. The molecule has 6 atom stereocenters. The van der Waals surface area contributed by atoms with Crippen LogP contribution in [0.3, 0.4) is 0 Å². The highest BCUT2D eigenvalue weighted by molar-refractivity contribution is 7.47. The number of ether oxygens (including phenoxy) is 4. The molecular formula is C65H126O17P2. The summed E-state index contributed by atoms with van der Waals surface area (Å²) in [5, 5.41) is 10.5. The Morgan fingerprint density at radius 2 is 0.571 bits per heavy atom. The predicted octanol–water partition coefficient (Wildman–Crippen LogP) is 17.8. The van der Waals surface area contributed by atoms with E-state index in [0.29, 0.717) is 31.6 Å². The zero-order chi connectivity index (χ0) is 62.5. The van der Waals surface area contributed by atoms with E-state index < -0.39 is 97.5 Å². The molecule has 0 spiro atoms. The summed E-state index contributed by atoms with van der Waals surface area (Å²) in [5.74, 6) is 0.777. The van der Waals surface area contributed by atoms with Crippen molar-refractivity contribution in [2.75, 3.05) is 39.6 Å². The van der Waals surface area contributed by atoms with Crippen molar-refractivity contribution in [2.24, 2.45) is 23.7 Å². The van der Waals surface area contributed by atoms with E-state index in [2.05, 4.69) is 55.4 Å². The molecule has 0 aromatic rings. The summed E-state index contributed by atoms with van der Waals surface area (Å²) in [5.41, 5.74) is 0. The Morgan fingerprint density at radius 1 is 0.333 bits per heavy atom. The molecule has 0 fully saturated rings. The van der Waals surface area contributed by atoms with E-state index in [1.165, 1.54) is 116 Å². The van der Waals surface area contributed by atoms with Gasteiger partial charge in [0.1, 0.15) is 19.3 Å². The highest BCUT2D eigenvalue weighted by atomic mass is 31.2. The van der Waals surface area contributed by atoms with Crippen molar-refractivity contribution in [3.8, 4) is 0 Å². The van der Waals surface area contributed by atoms with E-state index in [9.17, 15) is 43.2 Å². The maximum Gasteiger partial charge on any atom is 0.472 e. The van der Waals surface area contributed by atoms with Gasteiger partial charge >= 0.3 is 39.5 Å². The Balaban J connectivity index is 5.26. The monoisotopic (exact) mass is 1240 g/mol. The summed E-state index contributed by atoms with van der Waals surface area (Å²) >= 11 is 0. The van der Waals surface area contributed by atoms with Crippen molar-refractivity contribution < 1.29 is 80.2 Å². The predicted molar refractivity (Wildman–Crippen MR) is 335 cm³/mol. The number of carbonyl (C=O) groups excluding carboxylic acids is 4. The molecule has 0 saturated heterocycles. The number of phosphoric acid groups is 2. The molecule has 0 bridgehead atoms. The topological polar surface area (TPSA) is 237 Å². The Labute approximate surface area is 511 Å². The molecule has 17 nitrogen and oxygen atoms in total. The molecule has 0 aliphatic heterocycles. The number of esters is 4. The summed E-state index contributed by atoms with van der Waals surface area (Å²) in [6.45, 7) is 14.0. The molecule has 0 aromatic heterocycles. The lowest BCUT2D eigenvalue weighted by Crippen LogP contribution is -2.30. The normalized spacial score (nSPS) is 14.7. The smallest absolute Gasteiger partial charge is 0.462 e. The lowest BCUT2D eigenvalue weighted by Gasteiger charge is -2.21. The van der Waals surface area contributed by atoms with Crippen LogP contribution in [0.4, 0.5) is 0 Å². The first kappa shape index (κ1) is 82.1. The van der Waals surface area contributed by atoms with E-state index in [-0.39, 0.29) is 25.7 Å². The van der Waals surface area contributed by atoms with E-state index in [1.54, 1.807) is 0 Å². The number of rotatable bonds is 62. The number of hydrogen-bond donors (Lipinski definition) is 3. The zero-order valence-corrected chi connectivity index (χ0v) is 56.3. The molecule has 498 valence electrons. The van der Waals surface area contributed by atoms with Gasteiger partial charge < -0.3 is 33.8 Å². The molecule has 0 aliphatic carbocycles. The third-order valence-electron chi connectivity index (χ3n) is 15.2. The summed E-state index contributed by atoms with van der Waals surface area (Å²) in [6.07, 6.45) is 34.9. The first-order valence-corrected chi connectivity index (χ1v) is 36.7. The quantitative estimate of drug-likeness (QED) is 0.0222. The van der Waals surface area contributed by atoms with Crippen LogP contribution >= 0.6 is 15.6 Å². The second kappa shape index (κ2) is 55.2. The van der Waals surface area contributed by atoms with Gasteiger partial charge in [0.25, 0.3) is 0 Å². The number of phosphoric ester groups is 2. The Kier molecular flexibility index (Phi) is 53.9. The largest absolute Gasteiger partial charge is 0.472 e. The van der Waals surface area contributed by atoms with Gasteiger partial charge in [-0.2, -0.15) is 0 Å². The molecule has 84 heavy (non-hydrogen) atoms. The molecule has 0 aromatic carbocycles. The Morgan fingerprint density at radius 3 is 0.845 bits per heavy atom. The van der Waals surface area contributed by atoms with Gasteiger partial charge in [-0.05, 0) is 49.4 Å². The SMILES string of the molecule is CCC(C)CCCCCCCCCCC(=O)OC[C@H](COP(=O)(O)OCC(O)COP(=O)(O)OC[C@@H](COC(=O)CCCCCCCCCCC(C)C)OC(=O)CCCCCCCCCCC(C)C)OC(=O)CCCCCCCCCC(C)C. The van der Waals surface area contributed by atoms with Crippen molar-refractivity contribution in [1.82, 2.24) is 0 Å². The average Bonchev–Trinajstić information content (AvgIpc) is 3.48. The van der Waals surface area contributed by atoms with Crippen molar-refractivity contribution in [2.45, 2.75) is 331 Å². The van der Waals surface area contributed by atoms with Gasteiger partial charge in [0, 0.05) is 25.7 Å². The van der Waals surface area contributed by atoms with Crippen LogP contribution in [0.1, 0.15) is 312 Å². The van der Waals surface area contributed by atoms with E-state index in [1.807, 2.05) is 0 Å². The number of aliphatic hydroxyl groups is 1. The van der Waals surface area contributed by atoms with Crippen LogP contribution in [0.25, 0.3) is 0 Å². The third kappa shape index (κ3) is 57.8. The lowest BCUT2D eigenvalue weighted by molar-refractivity contribution is -0.161. The van der Waals surface area contributed by atoms with Gasteiger partial charge in [-0.1, -0.05) is 261 Å². The molecule has 19 heteroatoms. The number of aliphatic hydroxyl groups excluding tert-OH is 1. The van der Waals surface area contributed by atoms with Gasteiger partial charge in [0.15, 0.2) is 12.2 Å². The van der Waals surface area contributed by atoms with Gasteiger partial charge in [0.2, 0.25) is 0 Å². The first-order valence-electron chi connectivity index (χ1n) is 33.7. The minimum atomic E-state index is -4.95. The molecule has 3 N–H and O–H groups in total. The van der Waals surface area contributed by atoms with Crippen LogP contribution in [-0.2, 0) is 65.4 Å². The van der Waals surface area contributed by atoms with Crippen molar-refractivity contribution in [3.05, 3.63) is 0 Å². The van der Waals surface area contributed by atoms with Crippen molar-refractivity contribution in [3.63, 3.8) is 0 Å². The highest BCUT2D eigenvalue weighted by Crippen LogP contribution is 2.45. The molecule has 0 radical (unpaired) electrons. The maximum atomic E-state index is 13.0. The van der Waals surface area contributed by atoms with Gasteiger partial charge in [-0.15, -0.1) is 0 Å². The summed E-state index contributed by atoms with van der Waals surface area (Å²) < 4.78 is 68.0. The van der Waals surface area contributed by atoms with Crippen LogP contribution in [0.15, 0.2) is 0 Å². The van der Waals surface area contributed by atoms with Crippen LogP contribution in [0.5, 0.6) is 0 Å². The summed E-state index contributed by atoms with van der Waals surface area (Å²) in [7, 11) is -9.89. The summed E-state index contributed by atoms with van der Waals surface area (Å²) in [6, 6.07) is 0. The molecule has 0 amide bonds. The zero-order valence-electron chi connectivity index (χ0n) is 54.5. The summed E-state index contributed by atoms with van der Waals surface area (Å²) in [4.78, 5) is 72.3. The minimum absolute atomic E-state index is 0.102. The van der Waals surface area contributed by atoms with Crippen LogP contribution < -0.4 is 0 Å². The van der Waals surface area contributed by atoms with Gasteiger partial charge in [0.05, 0.1) is 26.4 Å². The molecule has 0 aliphatic rings. The molecule has 0 heterocycles. The molecule has 4 unspecified atom stereocenters. The molecule has 0 saturated carbocycles. The standard InChI is InChI=1S/C65H126O17P2/c1-9-58(8)44-36-28-20-12-15-22-30-38-46-63(68)76-52-61(82-65(70)48-40-32-24-16-19-27-35-43-57(6)7)54-80-84(73,74)78-50-59(66)49-77-83(71,72)79-53-60(81-64(69)47-39-31-23-14-11-18-26-34-42-56(4)5)51-75-62(67)45-37-29-21-13-10-17-25-33-41-55(2)3/h55-61,66H,9-54H2,1-8H3,(H,71,72)(H,73,74)/t58?,59?,60-,61-/m1/s1. The molecule has 0 rings (SSSR count). The van der Waals surface area contributed by atoms with E-state index in [0.717, 1.165) is 108 Å². The van der Waals surface area contributed by atoms with Crippen molar-refractivity contribution >= 4 is 39.5 Å². The fourth-order valence-electron chi connectivity index (χ4n) is 9.57. The third-order valence-corrected chi connectivity index (χ3v) is 17.1. The number of carbonyl (C=O) groups is 4. The second-order valence-corrected chi connectivity index (χ2v) is 28.1. The molecular weight excluding hydrogens is 1110 g/mol.